The van der Waals surface area contributed by atoms with Gasteiger partial charge in [-0.15, -0.1) is 0 Å². The zero-order valence-electron chi connectivity index (χ0n) is 19.2. The van der Waals surface area contributed by atoms with Gasteiger partial charge in [-0.1, -0.05) is 43.7 Å². The highest BCUT2D eigenvalue weighted by Crippen LogP contribution is 2.14. The third-order valence-electron chi connectivity index (χ3n) is 3.99. The van der Waals surface area contributed by atoms with Crippen molar-refractivity contribution in [2.45, 2.75) is 58.5 Å². The second-order valence-electron chi connectivity index (χ2n) is 6.93. The van der Waals surface area contributed by atoms with Crippen LogP contribution in [0.1, 0.15) is 44.6 Å². The van der Waals surface area contributed by atoms with Gasteiger partial charge in [0.1, 0.15) is 12.6 Å². The molecule has 0 radical (unpaired) electrons. The van der Waals surface area contributed by atoms with Gasteiger partial charge < -0.3 is 30.0 Å². The number of benzene rings is 1. The van der Waals surface area contributed by atoms with E-state index in [0.29, 0.717) is 32.0 Å². The van der Waals surface area contributed by atoms with Crippen LogP contribution in [0.2, 0.25) is 6.82 Å². The summed E-state index contributed by atoms with van der Waals surface area (Å²) in [6.45, 7) is 5.85. The number of ether oxygens (including phenoxy) is 1. The average molecular weight is 444 g/mol. The number of alkyl carbamates (subject to hydrolysis) is 1. The van der Waals surface area contributed by atoms with Crippen molar-refractivity contribution in [2.75, 3.05) is 19.4 Å². The van der Waals surface area contributed by atoms with Crippen molar-refractivity contribution in [1.82, 2.24) is 10.5 Å². The lowest BCUT2D eigenvalue weighted by Crippen LogP contribution is -2.41. The number of rotatable bonds is 13. The highest BCUT2D eigenvalue weighted by Gasteiger charge is 2.20. The molecule has 1 rings (SSSR count). The Bertz CT molecular complexity index is 675. The third-order valence-corrected chi connectivity index (χ3v) is 4.93. The molecule has 1 aromatic carbocycles. The predicted octanol–water partition coefficient (Wildman–Crippen LogP) is 3.21. The number of nitrogens with one attached hydrogen (secondary N) is 2. The van der Waals surface area contributed by atoms with Gasteiger partial charge in [0, 0.05) is 0 Å². The van der Waals surface area contributed by atoms with Crippen LogP contribution >= 0.6 is 7.75 Å². The smallest absolute Gasteiger partial charge is 0.408 e. The molecule has 8 nitrogen and oxygen atoms in total. The fourth-order valence-electron chi connectivity index (χ4n) is 2.33. The van der Waals surface area contributed by atoms with E-state index in [1.165, 1.54) is 6.66 Å². The van der Waals surface area contributed by atoms with E-state index in [0.717, 1.165) is 18.4 Å². The summed E-state index contributed by atoms with van der Waals surface area (Å²) < 4.78 is 22.6. The van der Waals surface area contributed by atoms with E-state index in [2.05, 4.69) is 10.5 Å². The van der Waals surface area contributed by atoms with Gasteiger partial charge in [0.15, 0.2) is 0 Å². The lowest BCUT2D eigenvalue weighted by atomic mass is 9.89. The molecule has 0 aliphatic rings. The molecule has 0 bridgehead atoms. The van der Waals surface area contributed by atoms with Crippen molar-refractivity contribution in [2.24, 2.45) is 0 Å². The highest BCUT2D eigenvalue weighted by molar-refractivity contribution is 7.43. The van der Waals surface area contributed by atoms with Gasteiger partial charge in [0.25, 0.3) is 0 Å². The first kappa shape index (κ1) is 26.2. The number of unbranched alkanes of at least 4 members (excludes halogenated alkanes) is 2. The highest BCUT2D eigenvalue weighted by atomic mass is 31.1. The summed E-state index contributed by atoms with van der Waals surface area (Å²) in [5, 5.41) is 23.3. The van der Waals surface area contributed by atoms with Gasteiger partial charge in [0.05, 0.1) is 9.02 Å². The lowest BCUT2D eigenvalue weighted by Gasteiger charge is -2.14. The van der Waals surface area contributed by atoms with Crippen LogP contribution in [-0.2, 0) is 20.7 Å². The van der Waals surface area contributed by atoms with Crippen LogP contribution in [0.15, 0.2) is 30.3 Å². The van der Waals surface area contributed by atoms with Crippen LogP contribution in [0, 0.1) is 0 Å². The monoisotopic (exact) mass is 444 g/mol. The number of hydrogen-bond donors (Lipinski definition) is 4. The summed E-state index contributed by atoms with van der Waals surface area (Å²) in [4.78, 5) is 22.8. The molecule has 0 heterocycles. The maximum Gasteiger partial charge on any atom is 0.408 e. The summed E-state index contributed by atoms with van der Waals surface area (Å²) in [5.74, 6) is -1.09. The molecule has 10 heteroatoms. The van der Waals surface area contributed by atoms with Crippen LogP contribution in [0.5, 0.6) is 0 Å². The van der Waals surface area contributed by atoms with Crippen molar-refractivity contribution in [3.05, 3.63) is 35.9 Å². The van der Waals surface area contributed by atoms with Gasteiger partial charge in [-0.3, -0.25) is 0 Å². The first-order chi connectivity index (χ1) is 14.5. The van der Waals surface area contributed by atoms with Crippen LogP contribution in [-0.4, -0.2) is 55.9 Å². The summed E-state index contributed by atoms with van der Waals surface area (Å²) in [6, 6.07) is 8.17. The molecule has 2 unspecified atom stereocenters. The quantitative estimate of drug-likeness (QED) is 0.209. The molecule has 0 saturated carbocycles. The van der Waals surface area contributed by atoms with Crippen molar-refractivity contribution in [1.29, 1.82) is 1.28 Å². The number of carbonyl (C=O) groups excluding carboxylic acids is 1. The Labute approximate surface area is 182 Å². The summed E-state index contributed by atoms with van der Waals surface area (Å²) in [6.07, 6.45) is 3.42. The Hall–Kier alpha value is -1.83. The number of aliphatic carboxylic acids is 1. The number of hydrogen-bond acceptors (Lipinski definition) is 6. The number of carboxylic acids is 1. The van der Waals surface area contributed by atoms with Crippen molar-refractivity contribution in [3.8, 4) is 0 Å². The molecular formula is C20H36BN2O6P. The fourth-order valence-corrected chi connectivity index (χ4v) is 3.09. The normalized spacial score (nSPS) is 13.7. The largest absolute Gasteiger partial charge is 0.480 e. The summed E-state index contributed by atoms with van der Waals surface area (Å²) >= 11 is 0. The molecule has 0 spiro atoms. The molecule has 0 aliphatic heterocycles. The molecule has 2 atom stereocenters. The molecule has 4 N–H and O–H groups in total. The molecule has 170 valence electrons. The van der Waals surface area contributed by atoms with E-state index in [4.69, 9.17) is 16.1 Å². The third kappa shape index (κ3) is 17.1. The Kier molecular flexibility index (Phi) is 15.7. The topological polar surface area (TPSA) is 125 Å². The molecule has 0 fully saturated rings. The van der Waals surface area contributed by atoms with Gasteiger partial charge in [-0.25, -0.2) is 9.59 Å². The van der Waals surface area contributed by atoms with Crippen LogP contribution in [0.25, 0.3) is 0 Å². The zero-order valence-corrected chi connectivity index (χ0v) is 19.1. The number of carbonyl (C=O) groups is 2. The zero-order chi connectivity index (χ0) is 23.7. The van der Waals surface area contributed by atoms with E-state index >= 15 is 0 Å². The van der Waals surface area contributed by atoms with Crippen LogP contribution in [0.4, 0.5) is 4.79 Å². The standard InChI is InChI=1S/C15H23BN2O5.C5H13OP/c1-16(22)17-10-6-5-9-13(14(19)20)18-15(21)23-11-12-7-3-2-4-8-12;1-3-4-5-7(2)6/h2-4,7-8,13,17,22H,5-6,9-11H2,1H3,(H,18,21)(H,19,20);7H,3-5H2,1-2H3/i;7T. The van der Waals surface area contributed by atoms with Crippen molar-refractivity contribution in [3.63, 3.8) is 0 Å². The molecule has 30 heavy (non-hydrogen) atoms. The maximum absolute atomic E-state index is 11.7. The van der Waals surface area contributed by atoms with Gasteiger partial charge in [-0.2, -0.15) is 0 Å². The van der Waals surface area contributed by atoms with E-state index in [1.807, 2.05) is 37.3 Å². The molecular weight excluding hydrogens is 406 g/mol. The molecule has 0 aliphatic carbocycles. The Morgan fingerprint density at radius 3 is 2.43 bits per heavy atom. The second kappa shape index (κ2) is 18.0. The minimum Gasteiger partial charge on any atom is -0.480 e. The Morgan fingerprint density at radius 1 is 1.27 bits per heavy atom. The minimum absolute atomic E-state index is 0.0946. The van der Waals surface area contributed by atoms with E-state index in [-0.39, 0.29) is 6.61 Å². The fraction of sp³-hybridized carbons (Fsp3) is 0.600. The first-order valence-corrected chi connectivity index (χ1v) is 12.1. The predicted molar refractivity (Wildman–Crippen MR) is 122 cm³/mol. The van der Waals surface area contributed by atoms with Crippen LogP contribution < -0.4 is 10.5 Å². The van der Waals surface area contributed by atoms with Crippen LogP contribution in [0.3, 0.4) is 0 Å². The Morgan fingerprint density at radius 2 is 1.93 bits per heavy atom. The van der Waals surface area contributed by atoms with Crippen molar-refractivity contribution >= 4 is 26.9 Å². The molecule has 0 aromatic heterocycles. The minimum atomic E-state index is -2.43. The lowest BCUT2D eigenvalue weighted by molar-refractivity contribution is -0.139. The molecule has 1 aromatic rings. The van der Waals surface area contributed by atoms with E-state index in [1.54, 1.807) is 6.82 Å². The molecule has 1 amide bonds. The Balaban J connectivity index is 0.000000954. The summed E-state index contributed by atoms with van der Waals surface area (Å²) in [5.41, 5.74) is 0.832. The van der Waals surface area contributed by atoms with Crippen molar-refractivity contribution < 1.29 is 29.0 Å². The SMILES string of the molecule is CB(O)NCCCCC(NC(=O)OCc1ccccc1)C(=O)O.[3H]P(C)(=O)CCCC. The summed E-state index contributed by atoms with van der Waals surface area (Å²) in [7, 11) is -3.02. The van der Waals surface area contributed by atoms with E-state index in [9.17, 15) is 14.2 Å². The van der Waals surface area contributed by atoms with Gasteiger partial charge in [-0.05, 0) is 57.4 Å². The van der Waals surface area contributed by atoms with Gasteiger partial charge in [0.2, 0.25) is 0 Å². The molecule has 0 saturated heterocycles. The second-order valence-corrected chi connectivity index (χ2v) is 8.63. The number of carboxylic acid groups (broad SMARTS) is 1. The van der Waals surface area contributed by atoms with E-state index < -0.39 is 32.9 Å². The average Bonchev–Trinajstić information content (AvgIpc) is 2.70. The van der Waals surface area contributed by atoms with Gasteiger partial charge >= 0.3 is 19.1 Å². The maximum atomic E-state index is 11.7. The number of amides is 1. The first-order valence-electron chi connectivity index (χ1n) is 10.7.